The van der Waals surface area contributed by atoms with Crippen molar-refractivity contribution in [2.75, 3.05) is 7.11 Å². The number of rotatable bonds is 5. The smallest absolute Gasteiger partial charge is 0.123 e. The molecule has 0 amide bonds. The Kier molecular flexibility index (Phi) is 5.27. The first kappa shape index (κ1) is 15.9. The van der Waals surface area contributed by atoms with Gasteiger partial charge in [0.1, 0.15) is 5.75 Å². The van der Waals surface area contributed by atoms with E-state index in [9.17, 15) is 0 Å². The third-order valence-electron chi connectivity index (χ3n) is 3.73. The maximum Gasteiger partial charge on any atom is 0.123 e. The van der Waals surface area contributed by atoms with Crippen LogP contribution in [0.15, 0.2) is 42.5 Å². The number of methoxy groups -OCH3 is 1. The van der Waals surface area contributed by atoms with E-state index < -0.39 is 0 Å². The third kappa shape index (κ3) is 3.99. The number of benzene rings is 2. The maximum absolute atomic E-state index is 5.94. The van der Waals surface area contributed by atoms with E-state index in [0.29, 0.717) is 0 Å². The molecule has 0 radical (unpaired) electrons. The normalized spacial score (nSPS) is 13.8. The van der Waals surface area contributed by atoms with Gasteiger partial charge in [-0.15, -0.1) is 0 Å². The summed E-state index contributed by atoms with van der Waals surface area (Å²) in [5.41, 5.74) is 3.59. The van der Waals surface area contributed by atoms with E-state index in [2.05, 4.69) is 56.4 Å². The fraction of sp³-hybridized carbons (Fsp3) is 0.333. The van der Waals surface area contributed by atoms with Gasteiger partial charge in [-0.3, -0.25) is 0 Å². The number of aryl methyl sites for hydroxylation is 1. The summed E-state index contributed by atoms with van der Waals surface area (Å²) in [6.45, 7) is 6.38. The molecule has 2 aromatic carbocycles. The van der Waals surface area contributed by atoms with Crippen LogP contribution in [0.3, 0.4) is 0 Å². The van der Waals surface area contributed by atoms with Crippen LogP contribution in [0.4, 0.5) is 0 Å². The van der Waals surface area contributed by atoms with Crippen LogP contribution in [0.25, 0.3) is 0 Å². The zero-order valence-electron chi connectivity index (χ0n) is 13.0. The van der Waals surface area contributed by atoms with Crippen molar-refractivity contribution in [3.63, 3.8) is 0 Å². The fourth-order valence-electron chi connectivity index (χ4n) is 2.49. The molecule has 0 bridgehead atoms. The lowest BCUT2D eigenvalue weighted by Crippen LogP contribution is -2.22. The van der Waals surface area contributed by atoms with Gasteiger partial charge in [-0.2, -0.15) is 0 Å². The Balaban J connectivity index is 2.13. The van der Waals surface area contributed by atoms with E-state index in [1.807, 2.05) is 12.1 Å². The SMILES string of the molecule is COc1cc(C)ccc1C(C)N[C@H](C)c1ccc(Cl)cc1. The van der Waals surface area contributed by atoms with E-state index in [4.69, 9.17) is 16.3 Å². The van der Waals surface area contributed by atoms with E-state index in [1.54, 1.807) is 7.11 Å². The number of ether oxygens (including phenoxy) is 1. The zero-order chi connectivity index (χ0) is 15.4. The third-order valence-corrected chi connectivity index (χ3v) is 3.98. The molecule has 2 aromatic rings. The van der Waals surface area contributed by atoms with Gasteiger partial charge >= 0.3 is 0 Å². The quantitative estimate of drug-likeness (QED) is 0.832. The molecule has 0 saturated carbocycles. The van der Waals surface area contributed by atoms with Gasteiger partial charge in [0, 0.05) is 22.7 Å². The first-order valence-corrected chi connectivity index (χ1v) is 7.55. The van der Waals surface area contributed by atoms with E-state index in [-0.39, 0.29) is 12.1 Å². The van der Waals surface area contributed by atoms with E-state index in [0.717, 1.165) is 10.8 Å². The second-order valence-corrected chi connectivity index (χ2v) is 5.84. The average molecular weight is 304 g/mol. The molecule has 0 spiro atoms. The molecule has 2 atom stereocenters. The van der Waals surface area contributed by atoms with Crippen LogP contribution >= 0.6 is 11.6 Å². The van der Waals surface area contributed by atoms with Crippen molar-refractivity contribution < 1.29 is 4.74 Å². The number of hydrogen-bond acceptors (Lipinski definition) is 2. The molecule has 1 unspecified atom stereocenters. The summed E-state index contributed by atoms with van der Waals surface area (Å²) in [6.07, 6.45) is 0. The molecule has 21 heavy (non-hydrogen) atoms. The minimum absolute atomic E-state index is 0.200. The molecule has 0 aliphatic rings. The highest BCUT2D eigenvalue weighted by Crippen LogP contribution is 2.28. The van der Waals surface area contributed by atoms with Crippen molar-refractivity contribution in [1.82, 2.24) is 5.32 Å². The molecular formula is C18H22ClNO. The van der Waals surface area contributed by atoms with Gasteiger partial charge in [-0.1, -0.05) is 35.9 Å². The Morgan fingerprint density at radius 2 is 1.67 bits per heavy atom. The lowest BCUT2D eigenvalue weighted by molar-refractivity contribution is 0.396. The zero-order valence-corrected chi connectivity index (χ0v) is 13.7. The summed E-state index contributed by atoms with van der Waals surface area (Å²) in [4.78, 5) is 0. The summed E-state index contributed by atoms with van der Waals surface area (Å²) < 4.78 is 5.49. The van der Waals surface area contributed by atoms with Crippen LogP contribution in [-0.4, -0.2) is 7.11 Å². The van der Waals surface area contributed by atoms with Crippen LogP contribution in [0.2, 0.25) is 5.02 Å². The van der Waals surface area contributed by atoms with Crippen LogP contribution in [0, 0.1) is 6.92 Å². The molecule has 1 N–H and O–H groups in total. The van der Waals surface area contributed by atoms with Crippen molar-refractivity contribution in [1.29, 1.82) is 0 Å². The van der Waals surface area contributed by atoms with Crippen LogP contribution in [-0.2, 0) is 0 Å². The second-order valence-electron chi connectivity index (χ2n) is 5.41. The molecule has 3 heteroatoms. The highest BCUT2D eigenvalue weighted by molar-refractivity contribution is 6.30. The van der Waals surface area contributed by atoms with Crippen LogP contribution < -0.4 is 10.1 Å². The molecule has 2 rings (SSSR count). The average Bonchev–Trinajstić information content (AvgIpc) is 2.47. The Morgan fingerprint density at radius 1 is 1.00 bits per heavy atom. The molecule has 2 nitrogen and oxygen atoms in total. The van der Waals surface area contributed by atoms with Crippen molar-refractivity contribution in [3.8, 4) is 5.75 Å². The minimum Gasteiger partial charge on any atom is -0.496 e. The second kappa shape index (κ2) is 6.97. The van der Waals surface area contributed by atoms with Crippen molar-refractivity contribution in [2.45, 2.75) is 32.9 Å². The van der Waals surface area contributed by atoms with Crippen molar-refractivity contribution in [3.05, 3.63) is 64.2 Å². The van der Waals surface area contributed by atoms with Crippen molar-refractivity contribution >= 4 is 11.6 Å². The van der Waals surface area contributed by atoms with Crippen LogP contribution in [0.5, 0.6) is 5.75 Å². The molecule has 0 aliphatic carbocycles. The molecule has 0 saturated heterocycles. The topological polar surface area (TPSA) is 21.3 Å². The molecule has 0 heterocycles. The van der Waals surface area contributed by atoms with E-state index >= 15 is 0 Å². The summed E-state index contributed by atoms with van der Waals surface area (Å²) >= 11 is 5.94. The van der Waals surface area contributed by atoms with Crippen LogP contribution in [0.1, 0.15) is 42.6 Å². The van der Waals surface area contributed by atoms with Gasteiger partial charge in [0.2, 0.25) is 0 Å². The lowest BCUT2D eigenvalue weighted by Gasteiger charge is -2.22. The predicted molar refractivity (Wildman–Crippen MR) is 89.1 cm³/mol. The highest BCUT2D eigenvalue weighted by Gasteiger charge is 2.14. The Hall–Kier alpha value is -1.51. The first-order valence-electron chi connectivity index (χ1n) is 7.17. The summed E-state index contributed by atoms with van der Waals surface area (Å²) in [6, 6.07) is 14.7. The van der Waals surface area contributed by atoms with Gasteiger partial charge in [0.25, 0.3) is 0 Å². The van der Waals surface area contributed by atoms with Gasteiger partial charge in [0.05, 0.1) is 7.11 Å². The Labute approximate surface area is 132 Å². The first-order chi connectivity index (χ1) is 10.0. The van der Waals surface area contributed by atoms with Gasteiger partial charge < -0.3 is 10.1 Å². The minimum atomic E-state index is 0.200. The monoisotopic (exact) mass is 303 g/mol. The lowest BCUT2D eigenvalue weighted by atomic mass is 10.0. The maximum atomic E-state index is 5.94. The summed E-state index contributed by atoms with van der Waals surface area (Å²) in [7, 11) is 1.72. The summed E-state index contributed by atoms with van der Waals surface area (Å²) in [5.74, 6) is 0.929. The molecule has 112 valence electrons. The Bertz CT molecular complexity index is 595. The number of hydrogen-bond donors (Lipinski definition) is 1. The standard InChI is InChI=1S/C18H22ClNO/c1-12-5-10-17(18(11-12)21-4)14(3)20-13(2)15-6-8-16(19)9-7-15/h5-11,13-14,20H,1-4H3/t13-,14?/m1/s1. The number of halogens is 1. The summed E-state index contributed by atoms with van der Waals surface area (Å²) in [5, 5.41) is 4.37. The number of nitrogens with one attached hydrogen (secondary N) is 1. The molecule has 0 aliphatic heterocycles. The van der Waals surface area contributed by atoms with Gasteiger partial charge in [-0.25, -0.2) is 0 Å². The Morgan fingerprint density at radius 3 is 2.29 bits per heavy atom. The van der Waals surface area contributed by atoms with Gasteiger partial charge in [0.15, 0.2) is 0 Å². The van der Waals surface area contributed by atoms with E-state index in [1.165, 1.54) is 16.7 Å². The molecule has 0 fully saturated rings. The molecular weight excluding hydrogens is 282 g/mol. The predicted octanol–water partition coefficient (Wildman–Crippen LogP) is 5.07. The van der Waals surface area contributed by atoms with Gasteiger partial charge in [-0.05, 0) is 50.1 Å². The highest BCUT2D eigenvalue weighted by atomic mass is 35.5. The largest absolute Gasteiger partial charge is 0.496 e. The fourth-order valence-corrected chi connectivity index (χ4v) is 2.61. The van der Waals surface area contributed by atoms with Crippen molar-refractivity contribution in [2.24, 2.45) is 0 Å². The molecule has 0 aromatic heterocycles.